The molecule has 2 aromatic rings. The summed E-state index contributed by atoms with van der Waals surface area (Å²) >= 11 is 5.90. The highest BCUT2D eigenvalue weighted by Crippen LogP contribution is 2.27. The molecule has 0 aromatic heterocycles. The van der Waals surface area contributed by atoms with Crippen molar-refractivity contribution in [2.75, 3.05) is 30.9 Å². The molecule has 1 aliphatic heterocycles. The van der Waals surface area contributed by atoms with Gasteiger partial charge in [-0.2, -0.15) is 0 Å². The lowest BCUT2D eigenvalue weighted by Gasteiger charge is -2.17. The first kappa shape index (κ1) is 18.4. The average molecular weight is 372 g/mol. The number of rotatable bonds is 5. The van der Waals surface area contributed by atoms with Crippen molar-refractivity contribution >= 4 is 34.8 Å². The van der Waals surface area contributed by atoms with E-state index in [1.54, 1.807) is 29.2 Å². The highest BCUT2D eigenvalue weighted by Gasteiger charge is 2.37. The van der Waals surface area contributed by atoms with Crippen LogP contribution in [0.5, 0.6) is 0 Å². The summed E-state index contributed by atoms with van der Waals surface area (Å²) in [6.07, 6.45) is 0.505. The number of carbonyl (C=O) groups excluding carboxylic acids is 2. The molecule has 1 fully saturated rings. The van der Waals surface area contributed by atoms with Crippen LogP contribution in [0.2, 0.25) is 5.02 Å². The smallest absolute Gasteiger partial charge is 0.239 e. The summed E-state index contributed by atoms with van der Waals surface area (Å²) in [6.45, 7) is 1.32. The average Bonchev–Trinajstić information content (AvgIpc) is 2.97. The van der Waals surface area contributed by atoms with E-state index in [0.717, 1.165) is 17.8 Å². The van der Waals surface area contributed by atoms with Crippen LogP contribution in [0.4, 0.5) is 11.4 Å². The van der Waals surface area contributed by atoms with Gasteiger partial charge in [-0.15, -0.1) is 0 Å². The van der Waals surface area contributed by atoms with Gasteiger partial charge in [0.2, 0.25) is 11.8 Å². The predicted molar refractivity (Wildman–Crippen MR) is 104 cm³/mol. The Hall–Kier alpha value is -2.37. The van der Waals surface area contributed by atoms with Crippen molar-refractivity contribution in [3.05, 3.63) is 59.1 Å². The normalized spacial score (nSPS) is 17.0. The Labute approximate surface area is 158 Å². The van der Waals surface area contributed by atoms with E-state index in [1.165, 1.54) is 0 Å². The third-order valence-electron chi connectivity index (χ3n) is 4.35. The van der Waals surface area contributed by atoms with Crippen LogP contribution >= 0.6 is 11.6 Å². The molecule has 26 heavy (non-hydrogen) atoms. The summed E-state index contributed by atoms with van der Waals surface area (Å²) in [4.78, 5) is 29.0. The summed E-state index contributed by atoms with van der Waals surface area (Å²) in [7, 11) is 3.99. The fourth-order valence-corrected chi connectivity index (χ4v) is 3.27. The predicted octanol–water partition coefficient (Wildman–Crippen LogP) is 3.39. The van der Waals surface area contributed by atoms with Crippen LogP contribution in [-0.2, 0) is 16.1 Å². The minimum absolute atomic E-state index is 0.172. The van der Waals surface area contributed by atoms with Gasteiger partial charge >= 0.3 is 0 Å². The summed E-state index contributed by atoms with van der Waals surface area (Å²) in [6, 6.07) is 14.8. The molecule has 1 unspecified atom stereocenters. The van der Waals surface area contributed by atoms with Gasteiger partial charge in [-0.05, 0) is 62.5 Å². The SMILES string of the molecule is CN(C)Cc1cccc(NC(=O)C2CCN(c3ccc(Cl)cc3)C2=O)c1. The molecule has 0 radical (unpaired) electrons. The van der Waals surface area contributed by atoms with Crippen LogP contribution < -0.4 is 10.2 Å². The zero-order valence-corrected chi connectivity index (χ0v) is 15.7. The second kappa shape index (κ2) is 7.89. The number of halogens is 1. The van der Waals surface area contributed by atoms with Gasteiger partial charge in [-0.1, -0.05) is 23.7 Å². The van der Waals surface area contributed by atoms with Crippen LogP contribution in [0.3, 0.4) is 0 Å². The second-order valence-electron chi connectivity index (χ2n) is 6.73. The lowest BCUT2D eigenvalue weighted by atomic mass is 10.1. The largest absolute Gasteiger partial charge is 0.325 e. The van der Waals surface area contributed by atoms with Crippen LogP contribution in [0, 0.1) is 5.92 Å². The van der Waals surface area contributed by atoms with Crippen LogP contribution in [0.1, 0.15) is 12.0 Å². The first-order valence-electron chi connectivity index (χ1n) is 8.55. The molecule has 2 amide bonds. The molecule has 3 rings (SSSR count). The molecule has 2 aromatic carbocycles. The number of hydrogen-bond acceptors (Lipinski definition) is 3. The van der Waals surface area contributed by atoms with E-state index >= 15 is 0 Å². The van der Waals surface area contributed by atoms with Crippen molar-refractivity contribution in [1.82, 2.24) is 4.90 Å². The van der Waals surface area contributed by atoms with E-state index in [1.807, 2.05) is 38.4 Å². The number of nitrogens with zero attached hydrogens (tertiary/aromatic N) is 2. The highest BCUT2D eigenvalue weighted by atomic mass is 35.5. The molecule has 1 atom stereocenters. The van der Waals surface area contributed by atoms with Crippen LogP contribution in [-0.4, -0.2) is 37.4 Å². The lowest BCUT2D eigenvalue weighted by Crippen LogP contribution is -2.33. The monoisotopic (exact) mass is 371 g/mol. The molecule has 6 heteroatoms. The Morgan fingerprint density at radius 2 is 1.96 bits per heavy atom. The summed E-state index contributed by atoms with van der Waals surface area (Å²) in [5, 5.41) is 3.50. The molecule has 0 aliphatic carbocycles. The first-order chi connectivity index (χ1) is 12.4. The van der Waals surface area contributed by atoms with Crippen molar-refractivity contribution in [2.24, 2.45) is 5.92 Å². The number of nitrogens with one attached hydrogen (secondary N) is 1. The zero-order valence-electron chi connectivity index (χ0n) is 14.9. The van der Waals surface area contributed by atoms with Crippen molar-refractivity contribution in [1.29, 1.82) is 0 Å². The van der Waals surface area contributed by atoms with Crippen molar-refractivity contribution in [3.8, 4) is 0 Å². The fourth-order valence-electron chi connectivity index (χ4n) is 3.14. The molecule has 5 nitrogen and oxygen atoms in total. The third-order valence-corrected chi connectivity index (χ3v) is 4.61. The molecule has 1 heterocycles. The standard InChI is InChI=1S/C20H22ClN3O2/c1-23(2)13-14-4-3-5-16(12-14)22-19(25)18-10-11-24(20(18)26)17-8-6-15(21)7-9-17/h3-9,12,18H,10-11,13H2,1-2H3,(H,22,25). The molecular formula is C20H22ClN3O2. The number of hydrogen-bond donors (Lipinski definition) is 1. The number of carbonyl (C=O) groups is 2. The van der Waals surface area contributed by atoms with Gasteiger partial charge in [0.1, 0.15) is 5.92 Å². The molecule has 0 saturated carbocycles. The van der Waals surface area contributed by atoms with Crippen molar-refractivity contribution in [3.63, 3.8) is 0 Å². The van der Waals surface area contributed by atoms with E-state index in [0.29, 0.717) is 23.7 Å². The molecule has 1 aliphatic rings. The Morgan fingerprint density at radius 1 is 1.23 bits per heavy atom. The molecule has 1 saturated heterocycles. The molecular weight excluding hydrogens is 350 g/mol. The van der Waals surface area contributed by atoms with E-state index in [9.17, 15) is 9.59 Å². The third kappa shape index (κ3) is 4.23. The van der Waals surface area contributed by atoms with Crippen molar-refractivity contribution in [2.45, 2.75) is 13.0 Å². The van der Waals surface area contributed by atoms with Crippen LogP contribution in [0.25, 0.3) is 0 Å². The van der Waals surface area contributed by atoms with E-state index in [-0.39, 0.29) is 11.8 Å². The minimum atomic E-state index is -0.664. The maximum atomic E-state index is 12.7. The zero-order chi connectivity index (χ0) is 18.7. The molecule has 136 valence electrons. The van der Waals surface area contributed by atoms with Gasteiger partial charge < -0.3 is 15.1 Å². The maximum absolute atomic E-state index is 12.7. The van der Waals surface area contributed by atoms with Gasteiger partial charge in [-0.3, -0.25) is 9.59 Å². The second-order valence-corrected chi connectivity index (χ2v) is 7.17. The quantitative estimate of drug-likeness (QED) is 0.819. The number of benzene rings is 2. The number of amides is 2. The minimum Gasteiger partial charge on any atom is -0.325 e. The van der Waals surface area contributed by atoms with E-state index in [2.05, 4.69) is 10.2 Å². The maximum Gasteiger partial charge on any atom is 0.239 e. The van der Waals surface area contributed by atoms with Crippen molar-refractivity contribution < 1.29 is 9.59 Å². The van der Waals surface area contributed by atoms with E-state index in [4.69, 9.17) is 11.6 Å². The number of anilines is 2. The van der Waals surface area contributed by atoms with Gasteiger partial charge in [0.05, 0.1) is 0 Å². The van der Waals surface area contributed by atoms with Gasteiger partial charge in [0.25, 0.3) is 0 Å². The fraction of sp³-hybridized carbons (Fsp3) is 0.300. The molecule has 0 spiro atoms. The Kier molecular flexibility index (Phi) is 5.59. The Balaban J connectivity index is 1.67. The molecule has 1 N–H and O–H groups in total. The van der Waals surface area contributed by atoms with Gasteiger partial charge in [0, 0.05) is 29.5 Å². The van der Waals surface area contributed by atoms with E-state index < -0.39 is 5.92 Å². The summed E-state index contributed by atoms with van der Waals surface area (Å²) < 4.78 is 0. The topological polar surface area (TPSA) is 52.7 Å². The molecule has 0 bridgehead atoms. The van der Waals surface area contributed by atoms with Gasteiger partial charge in [-0.25, -0.2) is 0 Å². The Bertz CT molecular complexity index is 805. The lowest BCUT2D eigenvalue weighted by molar-refractivity contribution is -0.129. The highest BCUT2D eigenvalue weighted by molar-refractivity contribution is 6.30. The summed E-state index contributed by atoms with van der Waals surface area (Å²) in [5.74, 6) is -1.09. The van der Waals surface area contributed by atoms with Crippen LogP contribution in [0.15, 0.2) is 48.5 Å². The first-order valence-corrected chi connectivity index (χ1v) is 8.93. The summed E-state index contributed by atoms with van der Waals surface area (Å²) in [5.41, 5.74) is 2.59. The van der Waals surface area contributed by atoms with Gasteiger partial charge in [0.15, 0.2) is 0 Å². The Morgan fingerprint density at radius 3 is 2.65 bits per heavy atom.